The normalized spacial score (nSPS) is 30.0. The molecule has 2 nitrogen and oxygen atoms in total. The smallest absolute Gasteiger partial charge is 0.129 e. The molecule has 7 rings (SSSR count). The first-order chi connectivity index (χ1) is 21.0. The molecule has 1 saturated heterocycles. The Bertz CT molecular complexity index is 1420. The van der Waals surface area contributed by atoms with Crippen LogP contribution in [0.4, 0.5) is 5.69 Å². The van der Waals surface area contributed by atoms with E-state index in [9.17, 15) is 0 Å². The molecular weight excluding hydrogens is 520 g/mol. The van der Waals surface area contributed by atoms with E-state index in [-0.39, 0.29) is 17.1 Å². The van der Waals surface area contributed by atoms with Gasteiger partial charge in [0.2, 0.25) is 0 Å². The van der Waals surface area contributed by atoms with Crippen LogP contribution in [0.1, 0.15) is 112 Å². The Hall–Kier alpha value is -3.00. The third-order valence-corrected chi connectivity index (χ3v) is 12.3. The lowest BCUT2D eigenvalue weighted by Gasteiger charge is -2.57. The lowest BCUT2D eigenvalue weighted by Crippen LogP contribution is -2.66. The summed E-state index contributed by atoms with van der Waals surface area (Å²) in [7, 11) is 0. The summed E-state index contributed by atoms with van der Waals surface area (Å²) in [6, 6.07) is 28.3. The number of rotatable bonds is 5. The number of nitrogens with zero attached hydrogens (tertiary/aromatic N) is 2. The van der Waals surface area contributed by atoms with Gasteiger partial charge in [-0.25, -0.2) is 0 Å². The van der Waals surface area contributed by atoms with Gasteiger partial charge in [-0.15, -0.1) is 0 Å². The van der Waals surface area contributed by atoms with Crippen molar-refractivity contribution in [2.45, 2.75) is 121 Å². The fraction of sp³-hybridized carbons (Fsp3) is 0.512. The highest BCUT2D eigenvalue weighted by Crippen LogP contribution is 2.67. The van der Waals surface area contributed by atoms with E-state index < -0.39 is 0 Å². The van der Waals surface area contributed by atoms with E-state index in [1.54, 1.807) is 5.56 Å². The molecule has 4 aliphatic rings. The number of hydrogen-bond donors (Lipinski definition) is 0. The molecule has 2 saturated carbocycles. The minimum absolute atomic E-state index is 0.0136. The fourth-order valence-electron chi connectivity index (χ4n) is 10.7. The predicted octanol–water partition coefficient (Wildman–Crippen LogP) is 10.6. The van der Waals surface area contributed by atoms with Gasteiger partial charge in [-0.2, -0.15) is 0 Å². The first-order valence-electron chi connectivity index (χ1n) is 17.4. The molecule has 4 atom stereocenters. The van der Waals surface area contributed by atoms with Crippen LogP contribution in [0.15, 0.2) is 85.1 Å². The third-order valence-electron chi connectivity index (χ3n) is 12.3. The van der Waals surface area contributed by atoms with Gasteiger partial charge < -0.3 is 9.80 Å². The van der Waals surface area contributed by atoms with Crippen LogP contribution < -0.4 is 4.90 Å². The van der Waals surface area contributed by atoms with E-state index in [1.807, 2.05) is 0 Å². The van der Waals surface area contributed by atoms with E-state index in [0.717, 1.165) is 0 Å². The molecule has 0 aromatic heterocycles. The van der Waals surface area contributed by atoms with Gasteiger partial charge in [0.15, 0.2) is 0 Å². The third kappa shape index (κ3) is 4.26. The van der Waals surface area contributed by atoms with Gasteiger partial charge in [-0.05, 0) is 99.7 Å². The minimum Gasteiger partial charge on any atom is -0.345 e. The second-order valence-corrected chi connectivity index (χ2v) is 14.4. The summed E-state index contributed by atoms with van der Waals surface area (Å²) in [5.41, 5.74) is 8.64. The quantitative estimate of drug-likeness (QED) is 0.300. The van der Waals surface area contributed by atoms with Crippen molar-refractivity contribution in [1.82, 2.24) is 4.90 Å². The molecule has 0 N–H and O–H groups in total. The van der Waals surface area contributed by atoms with E-state index in [2.05, 4.69) is 123 Å². The molecule has 226 valence electrons. The standard InChI is InChI=1S/C41H52N2/c1-30-18-13-16-27-37(30)43-33(4)41(36-25-9-6-5-7-10-26-36)40(35-23-14-15-24-35,34-21-11-8-12-22-34)28-29-42(41)39(43)38-31(2)19-17-20-32(38)3/h8,11-13,16-22,27-29,33,35-36,39H,5-7,9-10,14-15,23-26H2,1-4H3/t33-,39?,40?,41?/m0/s1. The number of fused-ring (bicyclic) bond motifs is 1. The minimum atomic E-state index is -0.0254. The highest BCUT2D eigenvalue weighted by molar-refractivity contribution is 5.62. The molecule has 2 aliphatic carbocycles. The first-order valence-corrected chi connectivity index (χ1v) is 17.4. The van der Waals surface area contributed by atoms with Crippen LogP contribution >= 0.6 is 0 Å². The molecule has 3 aromatic carbocycles. The van der Waals surface area contributed by atoms with Crippen LogP contribution in [0.2, 0.25) is 0 Å². The summed E-state index contributed by atoms with van der Waals surface area (Å²) in [5.74, 6) is 1.30. The van der Waals surface area contributed by atoms with Crippen molar-refractivity contribution < 1.29 is 0 Å². The van der Waals surface area contributed by atoms with Crippen molar-refractivity contribution in [3.8, 4) is 0 Å². The van der Waals surface area contributed by atoms with Crippen molar-refractivity contribution in [1.29, 1.82) is 0 Å². The number of anilines is 1. The molecule has 0 radical (unpaired) electrons. The van der Waals surface area contributed by atoms with Crippen molar-refractivity contribution in [3.63, 3.8) is 0 Å². The predicted molar refractivity (Wildman–Crippen MR) is 181 cm³/mol. The van der Waals surface area contributed by atoms with Crippen LogP contribution in [0.3, 0.4) is 0 Å². The van der Waals surface area contributed by atoms with Gasteiger partial charge in [0.05, 0.1) is 11.6 Å². The number of hydrogen-bond acceptors (Lipinski definition) is 2. The molecule has 2 heterocycles. The Balaban J connectivity index is 1.55. The number of para-hydroxylation sites is 1. The molecule has 0 amide bonds. The van der Waals surface area contributed by atoms with Gasteiger partial charge in [0, 0.05) is 16.7 Å². The summed E-state index contributed by atoms with van der Waals surface area (Å²) in [5, 5.41) is 0. The van der Waals surface area contributed by atoms with Crippen LogP contribution in [0.25, 0.3) is 0 Å². The van der Waals surface area contributed by atoms with Crippen LogP contribution in [0, 0.1) is 32.6 Å². The Kier molecular flexibility index (Phi) is 7.68. The average molecular weight is 573 g/mol. The molecule has 3 unspecified atom stereocenters. The highest BCUT2D eigenvalue weighted by Gasteiger charge is 2.72. The lowest BCUT2D eigenvalue weighted by molar-refractivity contribution is 0.00135. The maximum atomic E-state index is 2.97. The van der Waals surface area contributed by atoms with Crippen molar-refractivity contribution >= 4 is 5.69 Å². The van der Waals surface area contributed by atoms with Crippen LogP contribution in [-0.4, -0.2) is 16.5 Å². The van der Waals surface area contributed by atoms with Gasteiger partial charge >= 0.3 is 0 Å². The largest absolute Gasteiger partial charge is 0.345 e. The molecule has 2 aliphatic heterocycles. The zero-order chi connectivity index (χ0) is 29.6. The molecule has 3 fully saturated rings. The van der Waals surface area contributed by atoms with E-state index in [0.29, 0.717) is 17.9 Å². The topological polar surface area (TPSA) is 6.48 Å². The number of aryl methyl sites for hydroxylation is 3. The van der Waals surface area contributed by atoms with Crippen molar-refractivity contribution in [3.05, 3.63) is 113 Å². The Morgan fingerprint density at radius 3 is 1.84 bits per heavy atom. The summed E-state index contributed by atoms with van der Waals surface area (Å²) >= 11 is 0. The second-order valence-electron chi connectivity index (χ2n) is 14.4. The van der Waals surface area contributed by atoms with E-state index in [4.69, 9.17) is 0 Å². The Morgan fingerprint density at radius 1 is 0.605 bits per heavy atom. The second kappa shape index (κ2) is 11.5. The molecule has 0 bridgehead atoms. The maximum Gasteiger partial charge on any atom is 0.129 e. The maximum absolute atomic E-state index is 2.97. The average Bonchev–Trinajstić information content (AvgIpc) is 3.70. The lowest BCUT2D eigenvalue weighted by atomic mass is 9.51. The zero-order valence-electron chi connectivity index (χ0n) is 27.1. The Labute approximate surface area is 261 Å². The van der Waals surface area contributed by atoms with E-state index >= 15 is 0 Å². The number of benzene rings is 3. The fourth-order valence-corrected chi connectivity index (χ4v) is 10.7. The zero-order valence-corrected chi connectivity index (χ0v) is 27.1. The van der Waals surface area contributed by atoms with Crippen LogP contribution in [-0.2, 0) is 5.41 Å². The summed E-state index contributed by atoms with van der Waals surface area (Å²) in [6.07, 6.45) is 20.5. The molecule has 0 spiro atoms. The SMILES string of the molecule is Cc1ccccc1N1C(c2c(C)cccc2C)N2C=CC(c3ccccc3)(C3CCCC3)C2(C2CCCCCCC2)[C@@H]1C. The van der Waals surface area contributed by atoms with Crippen LogP contribution in [0.5, 0.6) is 0 Å². The summed E-state index contributed by atoms with van der Waals surface area (Å²) in [6.45, 7) is 9.65. The van der Waals surface area contributed by atoms with E-state index in [1.165, 1.54) is 98.6 Å². The highest BCUT2D eigenvalue weighted by atomic mass is 15.5. The summed E-state index contributed by atoms with van der Waals surface area (Å²) in [4.78, 5) is 5.86. The van der Waals surface area contributed by atoms with Crippen molar-refractivity contribution in [2.75, 3.05) is 4.90 Å². The van der Waals surface area contributed by atoms with Gasteiger partial charge in [0.1, 0.15) is 6.17 Å². The summed E-state index contributed by atoms with van der Waals surface area (Å²) < 4.78 is 0. The Morgan fingerprint density at radius 2 is 1.16 bits per heavy atom. The van der Waals surface area contributed by atoms with Gasteiger partial charge in [0.25, 0.3) is 0 Å². The monoisotopic (exact) mass is 572 g/mol. The van der Waals surface area contributed by atoms with Gasteiger partial charge in [-0.3, -0.25) is 0 Å². The molecule has 43 heavy (non-hydrogen) atoms. The molecular formula is C41H52N2. The molecule has 2 heteroatoms. The first kappa shape index (κ1) is 28.8. The molecule has 3 aromatic rings. The van der Waals surface area contributed by atoms with Crippen molar-refractivity contribution in [2.24, 2.45) is 11.8 Å². The van der Waals surface area contributed by atoms with Gasteiger partial charge in [-0.1, -0.05) is 118 Å².